The summed E-state index contributed by atoms with van der Waals surface area (Å²) in [6, 6.07) is 23.4. The minimum absolute atomic E-state index is 0.00644. The molecule has 0 spiro atoms. The van der Waals surface area contributed by atoms with E-state index < -0.39 is 6.04 Å². The number of hydrogen-bond donors (Lipinski definition) is 1. The Morgan fingerprint density at radius 1 is 0.882 bits per heavy atom. The summed E-state index contributed by atoms with van der Waals surface area (Å²) >= 11 is 17.6. The number of anilines is 1. The zero-order valence-corrected chi connectivity index (χ0v) is 20.6. The molecule has 1 heterocycles. The van der Waals surface area contributed by atoms with Crippen molar-refractivity contribution < 1.29 is 9.59 Å². The van der Waals surface area contributed by atoms with Crippen LogP contribution >= 0.6 is 35.4 Å². The zero-order valence-electron chi connectivity index (χ0n) is 18.3. The highest BCUT2D eigenvalue weighted by atomic mass is 35.5. The number of rotatable bonds is 8. The maximum Gasteiger partial charge on any atom is 0.252 e. The van der Waals surface area contributed by atoms with Crippen LogP contribution in [-0.2, 0) is 22.6 Å². The van der Waals surface area contributed by atoms with E-state index in [9.17, 15) is 9.59 Å². The number of hydrogen-bond acceptors (Lipinski definition) is 3. The fourth-order valence-corrected chi connectivity index (χ4v) is 4.50. The smallest absolute Gasteiger partial charge is 0.252 e. The molecular formula is C26H23Cl2N3O2S. The number of nitrogens with zero attached hydrogens (tertiary/aromatic N) is 2. The second kappa shape index (κ2) is 11.0. The van der Waals surface area contributed by atoms with E-state index in [-0.39, 0.29) is 18.2 Å². The molecule has 3 aromatic rings. The Kier molecular flexibility index (Phi) is 7.83. The third kappa shape index (κ3) is 5.95. The SMILES string of the molecule is O=C(CC1C(=O)N(Cc2ccccc2)C(=S)N1CCc1ccc(Cl)cc1)Nc1ccc(Cl)cc1. The Morgan fingerprint density at radius 2 is 1.50 bits per heavy atom. The van der Waals surface area contributed by atoms with Crippen molar-refractivity contribution in [2.45, 2.75) is 25.4 Å². The van der Waals surface area contributed by atoms with Crippen molar-refractivity contribution in [1.82, 2.24) is 9.80 Å². The highest BCUT2D eigenvalue weighted by Crippen LogP contribution is 2.24. The molecule has 0 saturated carbocycles. The molecule has 8 heteroatoms. The molecule has 3 aromatic carbocycles. The van der Waals surface area contributed by atoms with Crippen LogP contribution in [0.3, 0.4) is 0 Å². The summed E-state index contributed by atoms with van der Waals surface area (Å²) in [5.74, 6) is -0.433. The molecule has 1 aliphatic rings. The van der Waals surface area contributed by atoms with Gasteiger partial charge in [0.05, 0.1) is 13.0 Å². The molecular weight excluding hydrogens is 489 g/mol. The molecule has 0 aliphatic carbocycles. The maximum atomic E-state index is 13.4. The quantitative estimate of drug-likeness (QED) is 0.402. The van der Waals surface area contributed by atoms with Gasteiger partial charge in [-0.15, -0.1) is 0 Å². The number of carbonyl (C=O) groups is 2. The Hall–Kier alpha value is -2.93. The fourth-order valence-electron chi connectivity index (χ4n) is 3.88. The molecule has 1 atom stereocenters. The first kappa shape index (κ1) is 24.2. The highest BCUT2D eigenvalue weighted by molar-refractivity contribution is 7.80. The Labute approximate surface area is 214 Å². The summed E-state index contributed by atoms with van der Waals surface area (Å²) in [6.45, 7) is 0.877. The number of halogens is 2. The van der Waals surface area contributed by atoms with E-state index in [0.29, 0.717) is 40.4 Å². The first-order chi connectivity index (χ1) is 16.4. The van der Waals surface area contributed by atoms with E-state index in [1.165, 1.54) is 0 Å². The summed E-state index contributed by atoms with van der Waals surface area (Å²) in [5.41, 5.74) is 2.67. The lowest BCUT2D eigenvalue weighted by Gasteiger charge is -2.24. The molecule has 0 aromatic heterocycles. The van der Waals surface area contributed by atoms with Crippen molar-refractivity contribution in [2.24, 2.45) is 0 Å². The summed E-state index contributed by atoms with van der Waals surface area (Å²) < 4.78 is 0. The zero-order chi connectivity index (χ0) is 24.1. The van der Waals surface area contributed by atoms with Crippen LogP contribution in [0.5, 0.6) is 0 Å². The summed E-state index contributed by atoms with van der Waals surface area (Å²) in [4.78, 5) is 29.7. The number of amides is 2. The normalized spacial score (nSPS) is 15.6. The molecule has 0 radical (unpaired) electrons. The van der Waals surface area contributed by atoms with E-state index in [1.54, 1.807) is 29.2 Å². The third-order valence-electron chi connectivity index (χ3n) is 5.65. The van der Waals surface area contributed by atoms with Crippen molar-refractivity contribution >= 4 is 58.0 Å². The average molecular weight is 512 g/mol. The van der Waals surface area contributed by atoms with E-state index >= 15 is 0 Å². The molecule has 4 rings (SSSR count). The van der Waals surface area contributed by atoms with Crippen molar-refractivity contribution in [2.75, 3.05) is 11.9 Å². The van der Waals surface area contributed by atoms with Crippen LogP contribution in [-0.4, -0.2) is 39.3 Å². The lowest BCUT2D eigenvalue weighted by molar-refractivity contribution is -0.131. The second-order valence-corrected chi connectivity index (χ2v) is 9.28. The van der Waals surface area contributed by atoms with Crippen molar-refractivity contribution in [3.63, 3.8) is 0 Å². The van der Waals surface area contributed by atoms with Gasteiger partial charge < -0.3 is 10.2 Å². The molecule has 174 valence electrons. The first-order valence-corrected chi connectivity index (χ1v) is 12.0. The Bertz CT molecular complexity index is 1170. The summed E-state index contributed by atoms with van der Waals surface area (Å²) in [7, 11) is 0. The van der Waals surface area contributed by atoms with Crippen LogP contribution in [0.1, 0.15) is 17.5 Å². The van der Waals surface area contributed by atoms with Gasteiger partial charge in [-0.25, -0.2) is 0 Å². The van der Waals surface area contributed by atoms with Gasteiger partial charge in [-0.1, -0.05) is 65.7 Å². The average Bonchev–Trinajstić information content (AvgIpc) is 3.04. The third-order valence-corrected chi connectivity index (χ3v) is 6.61. The molecule has 1 aliphatic heterocycles. The molecule has 1 N–H and O–H groups in total. The predicted molar refractivity (Wildman–Crippen MR) is 140 cm³/mol. The second-order valence-electron chi connectivity index (χ2n) is 8.04. The van der Waals surface area contributed by atoms with Gasteiger partial charge in [0.2, 0.25) is 5.91 Å². The van der Waals surface area contributed by atoms with Crippen LogP contribution in [0.2, 0.25) is 10.0 Å². The van der Waals surface area contributed by atoms with Gasteiger partial charge in [0.15, 0.2) is 5.11 Å². The van der Waals surface area contributed by atoms with E-state index in [0.717, 1.165) is 11.1 Å². The van der Waals surface area contributed by atoms with Gasteiger partial charge in [0.1, 0.15) is 6.04 Å². The van der Waals surface area contributed by atoms with Crippen molar-refractivity contribution in [1.29, 1.82) is 0 Å². The Morgan fingerprint density at radius 3 is 2.15 bits per heavy atom. The van der Waals surface area contributed by atoms with Gasteiger partial charge in [-0.2, -0.15) is 0 Å². The molecule has 1 saturated heterocycles. The number of carbonyl (C=O) groups excluding carboxylic acids is 2. The molecule has 5 nitrogen and oxygen atoms in total. The molecule has 0 bridgehead atoms. The van der Waals surface area contributed by atoms with Gasteiger partial charge in [-0.3, -0.25) is 14.5 Å². The lowest BCUT2D eigenvalue weighted by Crippen LogP contribution is -2.39. The summed E-state index contributed by atoms with van der Waals surface area (Å²) in [6.07, 6.45) is 0.659. The maximum absolute atomic E-state index is 13.4. The standard InChI is InChI=1S/C26H23Cl2N3O2S/c27-20-8-6-18(7-9-20)14-15-30-23(16-24(32)29-22-12-10-21(28)11-13-22)25(33)31(26(30)34)17-19-4-2-1-3-5-19/h1-13,23H,14-17H2,(H,29,32). The summed E-state index contributed by atoms with van der Waals surface area (Å²) in [5, 5.41) is 4.53. The molecule has 34 heavy (non-hydrogen) atoms. The van der Waals surface area contributed by atoms with Crippen molar-refractivity contribution in [3.8, 4) is 0 Å². The van der Waals surface area contributed by atoms with Gasteiger partial charge in [0, 0.05) is 22.3 Å². The van der Waals surface area contributed by atoms with Gasteiger partial charge in [0.25, 0.3) is 5.91 Å². The number of benzene rings is 3. The van der Waals surface area contributed by atoms with E-state index in [1.807, 2.05) is 59.5 Å². The lowest BCUT2D eigenvalue weighted by atomic mass is 10.1. The largest absolute Gasteiger partial charge is 0.336 e. The van der Waals surface area contributed by atoms with Crippen molar-refractivity contribution in [3.05, 3.63) is 100 Å². The van der Waals surface area contributed by atoms with E-state index in [4.69, 9.17) is 35.4 Å². The Balaban J connectivity index is 1.50. The van der Waals surface area contributed by atoms with Gasteiger partial charge in [-0.05, 0) is 66.2 Å². The highest BCUT2D eigenvalue weighted by Gasteiger charge is 2.43. The van der Waals surface area contributed by atoms with Crippen LogP contribution in [0.25, 0.3) is 0 Å². The predicted octanol–water partition coefficient (Wildman–Crippen LogP) is 5.56. The monoisotopic (exact) mass is 511 g/mol. The number of nitrogens with one attached hydrogen (secondary N) is 1. The molecule has 2 amide bonds. The minimum Gasteiger partial charge on any atom is -0.336 e. The van der Waals surface area contributed by atoms with Crippen LogP contribution in [0, 0.1) is 0 Å². The number of thiocarbonyl (C=S) groups is 1. The fraction of sp³-hybridized carbons (Fsp3) is 0.192. The first-order valence-electron chi connectivity index (χ1n) is 10.9. The minimum atomic E-state index is -0.671. The van der Waals surface area contributed by atoms with E-state index in [2.05, 4.69) is 5.32 Å². The topological polar surface area (TPSA) is 52.7 Å². The molecule has 1 unspecified atom stereocenters. The van der Waals surface area contributed by atoms with Crippen LogP contribution in [0.15, 0.2) is 78.9 Å². The van der Waals surface area contributed by atoms with Gasteiger partial charge >= 0.3 is 0 Å². The molecule has 1 fully saturated rings. The van der Waals surface area contributed by atoms with Crippen LogP contribution in [0.4, 0.5) is 5.69 Å². The van der Waals surface area contributed by atoms with Crippen LogP contribution < -0.4 is 5.32 Å².